The van der Waals surface area contributed by atoms with Crippen molar-refractivity contribution in [2.24, 2.45) is 0 Å². The molecule has 1 heterocycles. The van der Waals surface area contributed by atoms with Gasteiger partial charge in [-0.2, -0.15) is 0 Å². The summed E-state index contributed by atoms with van der Waals surface area (Å²) in [6.45, 7) is 0. The van der Waals surface area contributed by atoms with E-state index in [4.69, 9.17) is 4.84 Å². The highest BCUT2D eigenvalue weighted by Crippen LogP contribution is 2.12. The van der Waals surface area contributed by atoms with Crippen LogP contribution in [0.3, 0.4) is 0 Å². The smallest absolute Gasteiger partial charge is 0.330 e. The first-order chi connectivity index (χ1) is 7.50. The molecule has 0 radical (unpaired) electrons. The molecule has 0 spiro atoms. The predicted octanol–water partition coefficient (Wildman–Crippen LogP) is 0.252. The van der Waals surface area contributed by atoms with Crippen LogP contribution >= 0.6 is 0 Å². The van der Waals surface area contributed by atoms with Crippen molar-refractivity contribution in [2.75, 3.05) is 18.3 Å². The number of rotatable bonds is 5. The van der Waals surface area contributed by atoms with E-state index in [1.807, 2.05) is 0 Å². The van der Waals surface area contributed by atoms with Gasteiger partial charge in [0.05, 0.1) is 18.9 Å². The van der Waals surface area contributed by atoms with Crippen molar-refractivity contribution in [3.8, 4) is 0 Å². The summed E-state index contributed by atoms with van der Waals surface area (Å²) in [4.78, 5) is 38.3. The Morgan fingerprint density at radius 1 is 1.31 bits per heavy atom. The van der Waals surface area contributed by atoms with E-state index in [1.54, 1.807) is 0 Å². The molecule has 5 nitrogen and oxygen atoms in total. The number of carbonyl (C=O) groups is 3. The fourth-order valence-electron chi connectivity index (χ4n) is 1.31. The van der Waals surface area contributed by atoms with Crippen LogP contribution in [-0.4, -0.2) is 41.1 Å². The van der Waals surface area contributed by atoms with Gasteiger partial charge < -0.3 is 4.84 Å². The molecule has 0 aromatic heterocycles. The molecule has 90 valence electrons. The Balaban J connectivity index is 2.28. The molecule has 0 atom stereocenters. The first-order valence-corrected chi connectivity index (χ1v) is 7.32. The molecule has 1 fully saturated rings. The minimum atomic E-state index is -0.506. The first kappa shape index (κ1) is 13.0. The summed E-state index contributed by atoms with van der Waals surface area (Å²) in [7, 11) is 0.295. The largest absolute Gasteiger partial charge is 0.333 e. The zero-order valence-electron chi connectivity index (χ0n) is 9.52. The average molecular weight is 246 g/mol. The molecule has 16 heavy (non-hydrogen) atoms. The van der Waals surface area contributed by atoms with Crippen molar-refractivity contribution < 1.29 is 19.2 Å². The quantitative estimate of drug-likeness (QED) is 0.515. The molecular weight excluding hydrogens is 230 g/mol. The van der Waals surface area contributed by atoms with Gasteiger partial charge in [-0.25, -0.2) is 4.79 Å². The van der Waals surface area contributed by atoms with E-state index in [0.717, 1.165) is 12.2 Å². The number of hydroxylamine groups is 2. The predicted molar refractivity (Wildman–Crippen MR) is 60.5 cm³/mol. The maximum absolute atomic E-state index is 11.3. The lowest BCUT2D eigenvalue weighted by Gasteiger charge is -2.11. The third-order valence-electron chi connectivity index (χ3n) is 2.13. The summed E-state index contributed by atoms with van der Waals surface area (Å²) in [5, 5.41) is 0.597. The second-order valence-electron chi connectivity index (χ2n) is 3.84. The Kier molecular flexibility index (Phi) is 4.79. The summed E-state index contributed by atoms with van der Waals surface area (Å²) in [6.07, 6.45) is 5.45. The minimum absolute atomic E-state index is 0.138. The third-order valence-corrected chi connectivity index (χ3v) is 3.24. The molecule has 1 aliphatic rings. The SMILES string of the molecule is C[S+](C)CCCC(=O)ON1C(=O)CCC1=O. The second kappa shape index (κ2) is 5.89. The van der Waals surface area contributed by atoms with Crippen LogP contribution < -0.4 is 0 Å². The van der Waals surface area contributed by atoms with Crippen LogP contribution in [0.4, 0.5) is 0 Å². The maximum atomic E-state index is 11.3. The lowest BCUT2D eigenvalue weighted by Crippen LogP contribution is -2.32. The van der Waals surface area contributed by atoms with Gasteiger partial charge in [-0.05, 0) is 10.9 Å². The molecule has 1 rings (SSSR count). The Morgan fingerprint density at radius 3 is 2.38 bits per heavy atom. The van der Waals surface area contributed by atoms with Gasteiger partial charge in [0, 0.05) is 19.3 Å². The monoisotopic (exact) mass is 246 g/mol. The summed E-state index contributed by atoms with van der Waals surface area (Å²) in [5.74, 6) is -0.404. The van der Waals surface area contributed by atoms with E-state index in [-0.39, 0.29) is 19.3 Å². The Hall–Kier alpha value is -1.04. The standard InChI is InChI=1S/C10H16NO4S/c1-16(2)7-3-4-10(14)15-11-8(12)5-6-9(11)13/h3-7H2,1-2H3/q+1. The zero-order valence-corrected chi connectivity index (χ0v) is 10.3. The minimum Gasteiger partial charge on any atom is -0.330 e. The fourth-order valence-corrected chi connectivity index (χ4v) is 2.03. The number of hydrogen-bond acceptors (Lipinski definition) is 4. The van der Waals surface area contributed by atoms with E-state index in [2.05, 4.69) is 12.5 Å². The van der Waals surface area contributed by atoms with Crippen LogP contribution in [0.15, 0.2) is 0 Å². The number of hydrogen-bond donors (Lipinski definition) is 0. The van der Waals surface area contributed by atoms with Crippen LogP contribution in [0.1, 0.15) is 25.7 Å². The third kappa shape index (κ3) is 3.84. The highest BCUT2D eigenvalue weighted by atomic mass is 32.2. The molecular formula is C10H16NO4S+. The topological polar surface area (TPSA) is 63.7 Å². The van der Waals surface area contributed by atoms with Gasteiger partial charge in [0.25, 0.3) is 11.8 Å². The van der Waals surface area contributed by atoms with Crippen molar-refractivity contribution >= 4 is 28.7 Å². The number of amides is 2. The van der Waals surface area contributed by atoms with Gasteiger partial charge in [-0.1, -0.05) is 0 Å². The molecule has 1 aliphatic heterocycles. The molecule has 0 aromatic rings. The van der Waals surface area contributed by atoms with Gasteiger partial charge in [-0.15, -0.1) is 5.06 Å². The fraction of sp³-hybridized carbons (Fsp3) is 0.700. The molecule has 0 unspecified atom stereocenters. The summed E-state index contributed by atoms with van der Waals surface area (Å²) < 4.78 is 0. The van der Waals surface area contributed by atoms with E-state index in [0.29, 0.717) is 16.0 Å². The van der Waals surface area contributed by atoms with Gasteiger partial charge in [0.1, 0.15) is 5.75 Å². The molecule has 0 saturated carbocycles. The molecule has 6 heteroatoms. The number of imide groups is 1. The molecule has 0 N–H and O–H groups in total. The van der Waals surface area contributed by atoms with Crippen molar-refractivity contribution in [3.05, 3.63) is 0 Å². The van der Waals surface area contributed by atoms with E-state index in [1.165, 1.54) is 0 Å². The highest BCUT2D eigenvalue weighted by molar-refractivity contribution is 7.95. The van der Waals surface area contributed by atoms with Gasteiger partial charge in [-0.3, -0.25) is 9.59 Å². The number of carbonyl (C=O) groups excluding carboxylic acids is 3. The maximum Gasteiger partial charge on any atom is 0.333 e. The van der Waals surface area contributed by atoms with Crippen LogP contribution in [0.5, 0.6) is 0 Å². The van der Waals surface area contributed by atoms with Crippen LogP contribution in [0, 0.1) is 0 Å². The average Bonchev–Trinajstić information content (AvgIpc) is 2.49. The lowest BCUT2D eigenvalue weighted by atomic mass is 10.3. The van der Waals surface area contributed by atoms with Crippen LogP contribution in [0.2, 0.25) is 0 Å². The Labute approximate surface area is 97.4 Å². The Bertz CT molecular complexity index is 287. The summed E-state index contributed by atoms with van der Waals surface area (Å²) in [6, 6.07) is 0. The molecule has 0 aromatic carbocycles. The van der Waals surface area contributed by atoms with Crippen molar-refractivity contribution in [1.82, 2.24) is 5.06 Å². The Morgan fingerprint density at radius 2 is 1.88 bits per heavy atom. The zero-order chi connectivity index (χ0) is 12.1. The molecule has 0 aliphatic carbocycles. The van der Waals surface area contributed by atoms with Crippen LogP contribution in [-0.2, 0) is 30.1 Å². The first-order valence-electron chi connectivity index (χ1n) is 5.11. The van der Waals surface area contributed by atoms with Gasteiger partial charge in [0.15, 0.2) is 0 Å². The lowest BCUT2D eigenvalue weighted by molar-refractivity contribution is -0.197. The molecule has 2 amide bonds. The van der Waals surface area contributed by atoms with E-state index >= 15 is 0 Å². The van der Waals surface area contributed by atoms with Crippen LogP contribution in [0.25, 0.3) is 0 Å². The summed E-state index contributed by atoms with van der Waals surface area (Å²) in [5.41, 5.74) is 0. The van der Waals surface area contributed by atoms with E-state index in [9.17, 15) is 14.4 Å². The highest BCUT2D eigenvalue weighted by Gasteiger charge is 2.32. The van der Waals surface area contributed by atoms with Crippen molar-refractivity contribution in [1.29, 1.82) is 0 Å². The van der Waals surface area contributed by atoms with Gasteiger partial charge in [0.2, 0.25) is 0 Å². The number of nitrogens with zero attached hydrogens (tertiary/aromatic N) is 1. The second-order valence-corrected chi connectivity index (χ2v) is 6.22. The molecule has 0 bridgehead atoms. The van der Waals surface area contributed by atoms with E-state index < -0.39 is 17.8 Å². The van der Waals surface area contributed by atoms with Crippen molar-refractivity contribution in [2.45, 2.75) is 25.7 Å². The van der Waals surface area contributed by atoms with Gasteiger partial charge >= 0.3 is 5.97 Å². The normalized spacial score (nSPS) is 16.1. The molecule has 1 saturated heterocycles. The summed E-state index contributed by atoms with van der Waals surface area (Å²) >= 11 is 0. The van der Waals surface area contributed by atoms with Crippen molar-refractivity contribution in [3.63, 3.8) is 0 Å².